The molecule has 5 N–H and O–H groups in total. The molecule has 18 heteroatoms. The van der Waals surface area contributed by atoms with E-state index in [4.69, 9.17) is 10.7 Å². The molecule has 0 bridgehead atoms. The molecule has 5 aliphatic heterocycles. The second kappa shape index (κ2) is 17.5. The van der Waals surface area contributed by atoms with Crippen LogP contribution in [0.3, 0.4) is 0 Å². The predicted octanol–water partition coefficient (Wildman–Crippen LogP) is 2.08. The highest BCUT2D eigenvalue weighted by Gasteiger charge is 2.35. The van der Waals surface area contributed by atoms with Crippen molar-refractivity contribution in [1.82, 2.24) is 45.3 Å². The number of hydrogen-bond acceptors (Lipinski definition) is 13. The summed E-state index contributed by atoms with van der Waals surface area (Å²) in [4.78, 5) is 89.5. The average Bonchev–Trinajstić information content (AvgIpc) is 3.59. The monoisotopic (exact) mass is 807 g/mol. The van der Waals surface area contributed by atoms with Gasteiger partial charge < -0.3 is 40.9 Å². The van der Waals surface area contributed by atoms with Gasteiger partial charge in [0.05, 0.1) is 30.3 Å². The highest BCUT2D eigenvalue weighted by molar-refractivity contribution is 6.03. The Kier molecular flexibility index (Phi) is 11.8. The molecule has 2 atom stereocenters. The van der Waals surface area contributed by atoms with Crippen LogP contribution >= 0.6 is 0 Å². The Labute approximate surface area is 343 Å². The Balaban J connectivity index is 0.789. The Morgan fingerprint density at radius 2 is 1.59 bits per heavy atom. The first kappa shape index (κ1) is 39.9. The second-order valence-corrected chi connectivity index (χ2v) is 16.4. The van der Waals surface area contributed by atoms with Crippen LogP contribution in [0.15, 0.2) is 42.9 Å². The summed E-state index contributed by atoms with van der Waals surface area (Å²) in [5, 5.41) is 8.16. The zero-order chi connectivity index (χ0) is 41.0. The topological polar surface area (TPSA) is 215 Å². The van der Waals surface area contributed by atoms with E-state index in [0.717, 1.165) is 102 Å². The standard InChI is InChI=1S/C41H53N13O5/c1-50-19-20-54(41(50)59)30-3-2-14-53(25-30)33-23-43-35(36(42)56)37(48-33)46-29-6-4-27(5-7-29)28-12-15-51(16-13-28)24-26-10-17-52(18-11-26)31-21-44-38(45-22-31)40(58)47-32-8-9-34(55)49-39(32)57/h4-7,21-23,26,28,30,32H,2-3,8-20,24-25H2,1H3,(H2,42,56)(H,46,48)(H,47,58)(H,49,55,57)/t30-,32-/m1/s1. The number of anilines is 4. The smallest absolute Gasteiger partial charge is 0.320 e. The number of rotatable bonds is 11. The quantitative estimate of drug-likeness (QED) is 0.205. The number of benzene rings is 1. The first-order valence-corrected chi connectivity index (χ1v) is 20.8. The molecule has 8 rings (SSSR count). The highest BCUT2D eigenvalue weighted by Crippen LogP contribution is 2.32. The van der Waals surface area contributed by atoms with E-state index < -0.39 is 23.8 Å². The largest absolute Gasteiger partial charge is 0.369 e. The van der Waals surface area contributed by atoms with Gasteiger partial charge in [-0.3, -0.25) is 24.5 Å². The van der Waals surface area contributed by atoms with Crippen molar-refractivity contribution < 1.29 is 24.0 Å². The number of amides is 6. The molecule has 0 aliphatic carbocycles. The maximum absolute atomic E-state index is 12.7. The average molecular weight is 808 g/mol. The number of carbonyl (C=O) groups excluding carboxylic acids is 5. The molecule has 0 saturated carbocycles. The van der Waals surface area contributed by atoms with Crippen molar-refractivity contribution in [1.29, 1.82) is 0 Å². The summed E-state index contributed by atoms with van der Waals surface area (Å²) in [7, 11) is 1.83. The fraction of sp³-hybridized carbons (Fsp3) is 0.537. The van der Waals surface area contributed by atoms with Gasteiger partial charge in [0.2, 0.25) is 17.6 Å². The molecule has 0 spiro atoms. The van der Waals surface area contributed by atoms with E-state index in [0.29, 0.717) is 30.0 Å². The van der Waals surface area contributed by atoms with Crippen LogP contribution in [-0.2, 0) is 9.59 Å². The third-order valence-corrected chi connectivity index (χ3v) is 12.5. The molecule has 5 aliphatic rings. The van der Waals surface area contributed by atoms with Gasteiger partial charge in [0, 0.05) is 65.0 Å². The van der Waals surface area contributed by atoms with E-state index in [2.05, 4.69) is 57.7 Å². The molecule has 0 unspecified atom stereocenters. The number of hydrogen-bond donors (Lipinski definition) is 4. The molecule has 3 aromatic rings. The SMILES string of the molecule is CN1CCN([C@@H]2CCCN(c3cnc(C(N)=O)c(Nc4ccc(C5CCN(CC6CCN(c7cnc(C(=O)N[C@@H]8CCC(=O)NC8=O)nc7)CC6)CC5)cc4)n3)C2)C1=O. The Hall–Kier alpha value is -5.91. The number of nitrogens with one attached hydrogen (secondary N) is 3. The van der Waals surface area contributed by atoms with E-state index >= 15 is 0 Å². The highest BCUT2D eigenvalue weighted by atomic mass is 16.2. The molecule has 5 fully saturated rings. The van der Waals surface area contributed by atoms with Gasteiger partial charge in [0.1, 0.15) is 11.9 Å². The van der Waals surface area contributed by atoms with Gasteiger partial charge in [-0.1, -0.05) is 12.1 Å². The van der Waals surface area contributed by atoms with Gasteiger partial charge in [-0.15, -0.1) is 0 Å². The number of primary amides is 1. The molecular weight excluding hydrogens is 755 g/mol. The zero-order valence-electron chi connectivity index (χ0n) is 33.5. The van der Waals surface area contributed by atoms with Crippen LogP contribution < -0.4 is 31.5 Å². The predicted molar refractivity (Wildman–Crippen MR) is 219 cm³/mol. The summed E-state index contributed by atoms with van der Waals surface area (Å²) in [6.45, 7) is 7.85. The number of nitrogens with two attached hydrogens (primary N) is 1. The van der Waals surface area contributed by atoms with Crippen molar-refractivity contribution in [3.63, 3.8) is 0 Å². The zero-order valence-corrected chi connectivity index (χ0v) is 33.5. The van der Waals surface area contributed by atoms with Crippen molar-refractivity contribution in [3.05, 3.63) is 59.9 Å². The van der Waals surface area contributed by atoms with Crippen molar-refractivity contribution in [3.8, 4) is 0 Å². The molecule has 18 nitrogen and oxygen atoms in total. The van der Waals surface area contributed by atoms with Crippen LogP contribution in [0.2, 0.25) is 0 Å². The molecule has 312 valence electrons. The van der Waals surface area contributed by atoms with E-state index in [1.165, 1.54) is 5.56 Å². The van der Waals surface area contributed by atoms with E-state index in [9.17, 15) is 24.0 Å². The van der Waals surface area contributed by atoms with Gasteiger partial charge in [-0.25, -0.2) is 24.7 Å². The lowest BCUT2D eigenvalue weighted by Gasteiger charge is -2.38. The number of likely N-dealkylation sites (N-methyl/N-ethyl adjacent to an activating group) is 1. The van der Waals surface area contributed by atoms with Crippen molar-refractivity contribution in [2.24, 2.45) is 11.7 Å². The molecular formula is C41H53N13O5. The summed E-state index contributed by atoms with van der Waals surface area (Å²) < 4.78 is 0. The number of piperidine rings is 4. The molecule has 6 amide bonds. The van der Waals surface area contributed by atoms with Gasteiger partial charge in [0.25, 0.3) is 11.8 Å². The van der Waals surface area contributed by atoms with Crippen molar-refractivity contribution in [2.75, 3.05) is 81.1 Å². The number of nitrogens with zero attached hydrogens (tertiary/aromatic N) is 9. The summed E-state index contributed by atoms with van der Waals surface area (Å²) >= 11 is 0. The maximum Gasteiger partial charge on any atom is 0.320 e. The van der Waals surface area contributed by atoms with Crippen molar-refractivity contribution in [2.45, 2.75) is 69.4 Å². The number of urea groups is 1. The molecule has 7 heterocycles. The number of imide groups is 1. The third-order valence-electron chi connectivity index (χ3n) is 12.5. The summed E-state index contributed by atoms with van der Waals surface area (Å²) in [6, 6.07) is 7.75. The minimum Gasteiger partial charge on any atom is -0.369 e. The first-order chi connectivity index (χ1) is 28.6. The normalized spacial score (nSPS) is 22.4. The minimum atomic E-state index is -0.771. The third kappa shape index (κ3) is 9.22. The Morgan fingerprint density at radius 3 is 2.27 bits per heavy atom. The maximum atomic E-state index is 12.7. The molecule has 1 aromatic carbocycles. The van der Waals surface area contributed by atoms with Crippen LogP contribution in [-0.4, -0.2) is 142 Å². The number of likely N-dealkylation sites (tertiary alicyclic amines) is 1. The van der Waals surface area contributed by atoms with Gasteiger partial charge in [-0.2, -0.15) is 0 Å². The fourth-order valence-corrected chi connectivity index (χ4v) is 9.04. The first-order valence-electron chi connectivity index (χ1n) is 20.8. The van der Waals surface area contributed by atoms with Gasteiger partial charge >= 0.3 is 6.03 Å². The lowest BCUT2D eigenvalue weighted by molar-refractivity contribution is -0.134. The summed E-state index contributed by atoms with van der Waals surface area (Å²) in [5.41, 5.74) is 8.76. The number of aromatic nitrogens is 4. The van der Waals surface area contributed by atoms with E-state index in [1.807, 2.05) is 24.1 Å². The van der Waals surface area contributed by atoms with E-state index in [-0.39, 0.29) is 42.3 Å². The Bertz CT molecular complexity index is 2030. The lowest BCUT2D eigenvalue weighted by Crippen LogP contribution is -2.52. The van der Waals surface area contributed by atoms with Crippen LogP contribution in [0.25, 0.3) is 0 Å². The van der Waals surface area contributed by atoms with Gasteiger partial charge in [-0.05, 0) is 87.6 Å². The summed E-state index contributed by atoms with van der Waals surface area (Å²) in [6.07, 6.45) is 11.5. The van der Waals surface area contributed by atoms with Crippen LogP contribution in [0.1, 0.15) is 84.0 Å². The van der Waals surface area contributed by atoms with Gasteiger partial charge in [0.15, 0.2) is 11.5 Å². The van der Waals surface area contributed by atoms with E-state index in [1.54, 1.807) is 23.5 Å². The lowest BCUT2D eigenvalue weighted by atomic mass is 9.88. The number of carbonyl (C=O) groups is 5. The van der Waals surface area contributed by atoms with Crippen molar-refractivity contribution >= 4 is 52.7 Å². The Morgan fingerprint density at radius 1 is 0.847 bits per heavy atom. The fourth-order valence-electron chi connectivity index (χ4n) is 9.04. The molecule has 59 heavy (non-hydrogen) atoms. The molecule has 2 aromatic heterocycles. The minimum absolute atomic E-state index is 0.00626. The summed E-state index contributed by atoms with van der Waals surface area (Å²) in [5.74, 6) is -0.00329. The van der Waals surface area contributed by atoms with Crippen LogP contribution in [0.5, 0.6) is 0 Å². The van der Waals surface area contributed by atoms with Crippen LogP contribution in [0, 0.1) is 5.92 Å². The molecule has 5 saturated heterocycles. The molecule has 0 radical (unpaired) electrons. The second-order valence-electron chi connectivity index (χ2n) is 16.4. The van der Waals surface area contributed by atoms with Crippen LogP contribution in [0.4, 0.5) is 27.8 Å².